The van der Waals surface area contributed by atoms with Crippen LogP contribution in [0.4, 0.5) is 0 Å². The first-order valence-electron chi connectivity index (χ1n) is 5.80. The molecule has 0 aliphatic carbocycles. The lowest BCUT2D eigenvalue weighted by Gasteiger charge is -2.09. The molecule has 1 nitrogen and oxygen atoms in total. The van der Waals surface area contributed by atoms with Gasteiger partial charge in [0.05, 0.1) is 0 Å². The maximum atomic E-state index is 5.91. The van der Waals surface area contributed by atoms with E-state index in [0.29, 0.717) is 0 Å². The lowest BCUT2D eigenvalue weighted by Crippen LogP contribution is -2.01. The third kappa shape index (κ3) is 3.30. The summed E-state index contributed by atoms with van der Waals surface area (Å²) >= 11 is 7.88. The number of hydrogen-bond donors (Lipinski definition) is 0. The summed E-state index contributed by atoms with van der Waals surface area (Å²) in [6.07, 6.45) is 2.14. The molecule has 0 N–H and O–H groups in total. The van der Waals surface area contributed by atoms with Crippen molar-refractivity contribution in [3.8, 4) is 11.3 Å². The predicted molar refractivity (Wildman–Crippen MR) is 77.9 cm³/mol. The number of aryl methyl sites for hydroxylation is 1. The van der Waals surface area contributed by atoms with E-state index in [2.05, 4.69) is 42.0 Å². The van der Waals surface area contributed by atoms with Crippen LogP contribution in [0, 0.1) is 0 Å². The second-order valence-electron chi connectivity index (χ2n) is 3.79. The average molecular weight is 266 g/mol. The molecular weight excluding hydrogens is 250 g/mol. The van der Waals surface area contributed by atoms with Gasteiger partial charge in [-0.15, -0.1) is 0 Å². The topological polar surface area (TPSA) is 4.93 Å². The van der Waals surface area contributed by atoms with Gasteiger partial charge in [-0.3, -0.25) is 0 Å². The van der Waals surface area contributed by atoms with Gasteiger partial charge in [-0.05, 0) is 35.6 Å². The summed E-state index contributed by atoms with van der Waals surface area (Å²) in [6.45, 7) is 3.25. The van der Waals surface area contributed by atoms with Crippen LogP contribution in [0.25, 0.3) is 11.3 Å². The Labute approximate surface area is 112 Å². The summed E-state index contributed by atoms with van der Waals surface area (Å²) < 4.78 is 2.30. The third-order valence-corrected chi connectivity index (χ3v) is 3.78. The minimum Gasteiger partial charge on any atom is -0.347 e. The van der Waals surface area contributed by atoms with Crippen molar-refractivity contribution >= 4 is 23.4 Å². The molecule has 1 aromatic carbocycles. The Morgan fingerprint density at radius 3 is 2.65 bits per heavy atom. The number of halogens is 1. The van der Waals surface area contributed by atoms with E-state index >= 15 is 0 Å². The van der Waals surface area contributed by atoms with E-state index in [4.69, 9.17) is 11.6 Å². The number of rotatable bonds is 5. The van der Waals surface area contributed by atoms with Gasteiger partial charge in [0.2, 0.25) is 0 Å². The number of benzene rings is 1. The average Bonchev–Trinajstić information content (AvgIpc) is 2.79. The Morgan fingerprint density at radius 2 is 1.94 bits per heavy atom. The van der Waals surface area contributed by atoms with Crippen molar-refractivity contribution in [2.75, 3.05) is 11.5 Å². The highest BCUT2D eigenvalue weighted by atomic mass is 35.5. The van der Waals surface area contributed by atoms with Gasteiger partial charge in [-0.1, -0.05) is 30.7 Å². The lowest BCUT2D eigenvalue weighted by molar-refractivity contribution is 0.786. The molecule has 2 rings (SSSR count). The Balaban J connectivity index is 2.15. The highest BCUT2D eigenvalue weighted by Gasteiger charge is 2.03. The maximum absolute atomic E-state index is 5.91. The van der Waals surface area contributed by atoms with Crippen LogP contribution in [0.2, 0.25) is 5.02 Å². The fraction of sp³-hybridized carbons (Fsp3) is 0.286. The van der Waals surface area contributed by atoms with Crippen molar-refractivity contribution in [3.63, 3.8) is 0 Å². The summed E-state index contributed by atoms with van der Waals surface area (Å²) in [4.78, 5) is 0. The highest BCUT2D eigenvalue weighted by molar-refractivity contribution is 7.99. The van der Waals surface area contributed by atoms with Gasteiger partial charge in [-0.25, -0.2) is 0 Å². The molecular formula is C14H16ClNS. The van der Waals surface area contributed by atoms with Gasteiger partial charge < -0.3 is 4.57 Å². The van der Waals surface area contributed by atoms with Crippen LogP contribution >= 0.6 is 23.4 Å². The van der Waals surface area contributed by atoms with Crippen molar-refractivity contribution in [2.24, 2.45) is 0 Å². The van der Waals surface area contributed by atoms with Gasteiger partial charge in [0.1, 0.15) is 0 Å². The minimum atomic E-state index is 0.786. The quantitative estimate of drug-likeness (QED) is 0.718. The summed E-state index contributed by atoms with van der Waals surface area (Å²) in [7, 11) is 0. The molecule has 3 heteroatoms. The van der Waals surface area contributed by atoms with E-state index in [1.54, 1.807) is 0 Å². The molecule has 1 aromatic heterocycles. The molecule has 0 amide bonds. The van der Waals surface area contributed by atoms with Crippen LogP contribution in [0.5, 0.6) is 0 Å². The first-order chi connectivity index (χ1) is 8.31. The zero-order valence-corrected chi connectivity index (χ0v) is 11.5. The molecule has 0 atom stereocenters. The van der Waals surface area contributed by atoms with E-state index in [1.165, 1.54) is 17.0 Å². The second-order valence-corrected chi connectivity index (χ2v) is 5.62. The molecule has 1 heterocycles. The standard InChI is InChI=1S/C14H16ClNS/c1-2-17-11-10-16-9-3-4-14(16)12-5-7-13(15)8-6-12/h3-9H,2,10-11H2,1H3. The van der Waals surface area contributed by atoms with Crippen LogP contribution < -0.4 is 0 Å². The summed E-state index contributed by atoms with van der Waals surface area (Å²) in [6, 6.07) is 12.3. The Kier molecular flexibility index (Phi) is 4.57. The Morgan fingerprint density at radius 1 is 1.18 bits per heavy atom. The van der Waals surface area contributed by atoms with Crippen LogP contribution in [0.15, 0.2) is 42.6 Å². The van der Waals surface area contributed by atoms with E-state index in [-0.39, 0.29) is 0 Å². The molecule has 17 heavy (non-hydrogen) atoms. The number of nitrogens with zero attached hydrogens (tertiary/aromatic N) is 1. The van der Waals surface area contributed by atoms with Gasteiger partial charge in [0, 0.05) is 29.2 Å². The van der Waals surface area contributed by atoms with Gasteiger partial charge in [-0.2, -0.15) is 11.8 Å². The molecule has 0 bridgehead atoms. The van der Waals surface area contributed by atoms with Crippen molar-refractivity contribution in [1.82, 2.24) is 4.57 Å². The highest BCUT2D eigenvalue weighted by Crippen LogP contribution is 2.22. The fourth-order valence-corrected chi connectivity index (χ4v) is 2.54. The number of aromatic nitrogens is 1. The van der Waals surface area contributed by atoms with Crippen LogP contribution in [-0.2, 0) is 6.54 Å². The largest absolute Gasteiger partial charge is 0.347 e. The van der Waals surface area contributed by atoms with E-state index < -0.39 is 0 Å². The van der Waals surface area contributed by atoms with E-state index in [0.717, 1.165) is 17.3 Å². The van der Waals surface area contributed by atoms with Crippen LogP contribution in [0.3, 0.4) is 0 Å². The zero-order valence-electron chi connectivity index (χ0n) is 9.90. The molecule has 0 spiro atoms. The molecule has 2 aromatic rings. The Bertz CT molecular complexity index is 461. The van der Waals surface area contributed by atoms with E-state index in [9.17, 15) is 0 Å². The fourth-order valence-electron chi connectivity index (χ4n) is 1.80. The Hall–Kier alpha value is -0.860. The first-order valence-corrected chi connectivity index (χ1v) is 7.33. The maximum Gasteiger partial charge on any atom is 0.0480 e. The van der Waals surface area contributed by atoms with Crippen molar-refractivity contribution in [2.45, 2.75) is 13.5 Å². The predicted octanol–water partition coefficient (Wildman–Crippen LogP) is 4.56. The summed E-state index contributed by atoms with van der Waals surface area (Å²) in [5, 5.41) is 0.786. The molecule has 0 saturated carbocycles. The third-order valence-electron chi connectivity index (χ3n) is 2.65. The molecule has 0 saturated heterocycles. The SMILES string of the molecule is CCSCCn1cccc1-c1ccc(Cl)cc1. The summed E-state index contributed by atoms with van der Waals surface area (Å²) in [5.74, 6) is 2.34. The molecule has 0 fully saturated rings. The van der Waals surface area contributed by atoms with Crippen molar-refractivity contribution < 1.29 is 0 Å². The normalized spacial score (nSPS) is 10.7. The number of hydrogen-bond acceptors (Lipinski definition) is 1. The molecule has 0 unspecified atom stereocenters. The summed E-state index contributed by atoms with van der Waals surface area (Å²) in [5.41, 5.74) is 2.49. The molecule has 0 aliphatic rings. The van der Waals surface area contributed by atoms with E-state index in [1.807, 2.05) is 23.9 Å². The smallest absolute Gasteiger partial charge is 0.0480 e. The monoisotopic (exact) mass is 265 g/mol. The van der Waals surface area contributed by atoms with Crippen molar-refractivity contribution in [1.29, 1.82) is 0 Å². The first kappa shape index (κ1) is 12.6. The second kappa shape index (κ2) is 6.18. The van der Waals surface area contributed by atoms with Gasteiger partial charge in [0.15, 0.2) is 0 Å². The zero-order chi connectivity index (χ0) is 12.1. The van der Waals surface area contributed by atoms with Crippen molar-refractivity contribution in [3.05, 3.63) is 47.6 Å². The lowest BCUT2D eigenvalue weighted by atomic mass is 10.1. The van der Waals surface area contributed by atoms with Crippen LogP contribution in [-0.4, -0.2) is 16.1 Å². The number of thioether (sulfide) groups is 1. The minimum absolute atomic E-state index is 0.786. The van der Waals surface area contributed by atoms with Crippen LogP contribution in [0.1, 0.15) is 6.92 Å². The molecule has 0 radical (unpaired) electrons. The molecule has 90 valence electrons. The van der Waals surface area contributed by atoms with Gasteiger partial charge in [0.25, 0.3) is 0 Å². The molecule has 0 aliphatic heterocycles. The van der Waals surface area contributed by atoms with Gasteiger partial charge >= 0.3 is 0 Å².